The number of rotatable bonds is 3. The molecule has 0 saturated carbocycles. The molecule has 2 rings (SSSR count). The number of carbonyl (C=O) groups is 2. The van der Waals surface area contributed by atoms with Crippen molar-refractivity contribution in [1.29, 1.82) is 0 Å². The van der Waals surface area contributed by atoms with Gasteiger partial charge in [0.15, 0.2) is 0 Å². The summed E-state index contributed by atoms with van der Waals surface area (Å²) in [6, 6.07) is -1.02. The maximum absolute atomic E-state index is 12.0. The molecule has 3 N–H and O–H groups in total. The minimum atomic E-state index is -1.13. The van der Waals surface area contributed by atoms with Crippen molar-refractivity contribution in [3.8, 4) is 0 Å². The van der Waals surface area contributed by atoms with E-state index in [0.717, 1.165) is 4.90 Å². The molecular formula is C10H14N4O4. The summed E-state index contributed by atoms with van der Waals surface area (Å²) >= 11 is 0. The molecule has 1 saturated heterocycles. The maximum Gasteiger partial charge on any atom is 0.326 e. The van der Waals surface area contributed by atoms with Crippen LogP contribution in [-0.4, -0.2) is 60.9 Å². The van der Waals surface area contributed by atoms with E-state index < -0.39 is 24.0 Å². The minimum Gasteiger partial charge on any atom is -0.480 e. The number of carbonyl (C=O) groups excluding carboxylic acids is 1. The van der Waals surface area contributed by atoms with E-state index in [-0.39, 0.29) is 18.8 Å². The highest BCUT2D eigenvalue weighted by Crippen LogP contribution is 2.19. The SMILES string of the molecule is CCc1nc(C(=O)N2C[C@H](O)C[C@@H]2C(=O)O)n[nH]1. The number of aromatic nitrogens is 3. The zero-order valence-electron chi connectivity index (χ0n) is 9.83. The number of hydrogen-bond acceptors (Lipinski definition) is 5. The summed E-state index contributed by atoms with van der Waals surface area (Å²) < 4.78 is 0. The van der Waals surface area contributed by atoms with Crippen molar-refractivity contribution in [1.82, 2.24) is 20.1 Å². The van der Waals surface area contributed by atoms with Gasteiger partial charge in [0.05, 0.1) is 6.10 Å². The topological polar surface area (TPSA) is 119 Å². The van der Waals surface area contributed by atoms with Gasteiger partial charge in [-0.1, -0.05) is 6.92 Å². The van der Waals surface area contributed by atoms with Gasteiger partial charge in [-0.25, -0.2) is 9.78 Å². The first-order chi connectivity index (χ1) is 8.52. The highest BCUT2D eigenvalue weighted by Gasteiger charge is 2.40. The fourth-order valence-electron chi connectivity index (χ4n) is 1.95. The number of nitrogens with one attached hydrogen (secondary N) is 1. The fraction of sp³-hybridized carbons (Fsp3) is 0.600. The largest absolute Gasteiger partial charge is 0.480 e. The third-order valence-corrected chi connectivity index (χ3v) is 2.88. The lowest BCUT2D eigenvalue weighted by molar-refractivity contribution is -0.141. The van der Waals surface area contributed by atoms with E-state index in [2.05, 4.69) is 15.2 Å². The first kappa shape index (κ1) is 12.5. The molecule has 0 spiro atoms. The van der Waals surface area contributed by atoms with E-state index in [9.17, 15) is 14.7 Å². The van der Waals surface area contributed by atoms with Crippen LogP contribution in [-0.2, 0) is 11.2 Å². The zero-order valence-corrected chi connectivity index (χ0v) is 9.83. The minimum absolute atomic E-state index is 0.00814. The van der Waals surface area contributed by atoms with E-state index in [1.165, 1.54) is 0 Å². The third kappa shape index (κ3) is 2.19. The van der Waals surface area contributed by atoms with Gasteiger partial charge in [0.25, 0.3) is 5.91 Å². The number of aromatic amines is 1. The highest BCUT2D eigenvalue weighted by molar-refractivity contribution is 5.94. The number of aliphatic hydroxyl groups excluding tert-OH is 1. The van der Waals surface area contributed by atoms with Gasteiger partial charge in [0, 0.05) is 19.4 Å². The summed E-state index contributed by atoms with van der Waals surface area (Å²) in [5, 5.41) is 24.8. The molecule has 0 aliphatic carbocycles. The molecule has 1 aliphatic rings. The molecule has 0 unspecified atom stereocenters. The van der Waals surface area contributed by atoms with Crippen molar-refractivity contribution < 1.29 is 19.8 Å². The molecule has 2 heterocycles. The van der Waals surface area contributed by atoms with Crippen molar-refractivity contribution >= 4 is 11.9 Å². The summed E-state index contributed by atoms with van der Waals surface area (Å²) in [6.45, 7) is 1.85. The average molecular weight is 254 g/mol. The summed E-state index contributed by atoms with van der Waals surface area (Å²) in [5.41, 5.74) is 0. The van der Waals surface area contributed by atoms with Gasteiger partial charge in [-0.15, -0.1) is 5.10 Å². The third-order valence-electron chi connectivity index (χ3n) is 2.88. The average Bonchev–Trinajstić information content (AvgIpc) is 2.94. The Balaban J connectivity index is 2.19. The molecule has 1 fully saturated rings. The Kier molecular flexibility index (Phi) is 3.28. The lowest BCUT2D eigenvalue weighted by atomic mass is 10.2. The Bertz CT molecular complexity index is 472. The second-order valence-electron chi connectivity index (χ2n) is 4.16. The number of carboxylic acid groups (broad SMARTS) is 1. The van der Waals surface area contributed by atoms with Gasteiger partial charge in [-0.05, 0) is 0 Å². The van der Waals surface area contributed by atoms with Crippen molar-refractivity contribution in [2.24, 2.45) is 0 Å². The fourth-order valence-corrected chi connectivity index (χ4v) is 1.95. The van der Waals surface area contributed by atoms with Gasteiger partial charge in [-0.2, -0.15) is 0 Å². The number of hydrogen-bond donors (Lipinski definition) is 3. The molecule has 8 heteroatoms. The Morgan fingerprint density at radius 3 is 2.83 bits per heavy atom. The van der Waals surface area contributed by atoms with Crippen molar-refractivity contribution in [2.75, 3.05) is 6.54 Å². The van der Waals surface area contributed by atoms with Crippen LogP contribution in [0.15, 0.2) is 0 Å². The molecule has 1 aromatic heterocycles. The second-order valence-corrected chi connectivity index (χ2v) is 4.16. The van der Waals surface area contributed by atoms with Gasteiger partial charge in [0.1, 0.15) is 11.9 Å². The molecule has 2 atom stereocenters. The molecule has 98 valence electrons. The van der Waals surface area contributed by atoms with Crippen LogP contribution in [0, 0.1) is 0 Å². The van der Waals surface area contributed by atoms with E-state index in [4.69, 9.17) is 5.11 Å². The van der Waals surface area contributed by atoms with Crippen molar-refractivity contribution in [3.05, 3.63) is 11.6 Å². The maximum atomic E-state index is 12.0. The lowest BCUT2D eigenvalue weighted by Gasteiger charge is -2.19. The van der Waals surface area contributed by atoms with Gasteiger partial charge in [0.2, 0.25) is 5.82 Å². The number of likely N-dealkylation sites (tertiary alicyclic amines) is 1. The van der Waals surface area contributed by atoms with Crippen LogP contribution in [0.3, 0.4) is 0 Å². The number of carboxylic acids is 1. The van der Waals surface area contributed by atoms with Crippen LogP contribution >= 0.6 is 0 Å². The number of β-amino-alcohol motifs (C(OH)–C–C–N with tert-alkyl or cyclic N) is 1. The van der Waals surface area contributed by atoms with E-state index in [1.807, 2.05) is 6.92 Å². The Morgan fingerprint density at radius 2 is 2.28 bits per heavy atom. The molecule has 0 bridgehead atoms. The summed E-state index contributed by atoms with van der Waals surface area (Å²) in [7, 11) is 0. The molecule has 1 aromatic rings. The van der Waals surface area contributed by atoms with Gasteiger partial charge in [-0.3, -0.25) is 9.89 Å². The first-order valence-electron chi connectivity index (χ1n) is 5.66. The Labute approximate surface area is 103 Å². The number of H-pyrrole nitrogens is 1. The summed E-state index contributed by atoms with van der Waals surface area (Å²) in [6.07, 6.45) is -0.183. The molecule has 1 amide bonds. The van der Waals surface area contributed by atoms with Crippen molar-refractivity contribution in [2.45, 2.75) is 31.9 Å². The molecule has 1 aliphatic heterocycles. The van der Waals surface area contributed by atoms with Crippen LogP contribution in [0.2, 0.25) is 0 Å². The predicted molar refractivity (Wildman–Crippen MR) is 58.8 cm³/mol. The normalized spacial score (nSPS) is 23.3. The Morgan fingerprint density at radius 1 is 1.56 bits per heavy atom. The number of aliphatic hydroxyl groups is 1. The van der Waals surface area contributed by atoms with Gasteiger partial charge < -0.3 is 15.1 Å². The van der Waals surface area contributed by atoms with Crippen LogP contribution in [0.5, 0.6) is 0 Å². The number of aliphatic carboxylic acids is 1. The molecule has 0 aromatic carbocycles. The molecular weight excluding hydrogens is 240 g/mol. The standard InChI is InChI=1S/C10H14N4O4/c1-2-7-11-8(13-12-7)9(16)14-4-5(15)3-6(14)10(17)18/h5-6,15H,2-4H2,1H3,(H,17,18)(H,11,12,13)/t5-,6-/m1/s1. The zero-order chi connectivity index (χ0) is 13.3. The van der Waals surface area contributed by atoms with Crippen LogP contribution in [0.25, 0.3) is 0 Å². The second kappa shape index (κ2) is 4.73. The predicted octanol–water partition coefficient (Wildman–Crippen LogP) is -0.973. The van der Waals surface area contributed by atoms with E-state index in [1.54, 1.807) is 0 Å². The van der Waals surface area contributed by atoms with Crippen LogP contribution in [0.1, 0.15) is 29.8 Å². The molecule has 8 nitrogen and oxygen atoms in total. The van der Waals surface area contributed by atoms with Gasteiger partial charge >= 0.3 is 5.97 Å². The quantitative estimate of drug-likeness (QED) is 0.638. The van der Waals surface area contributed by atoms with Crippen LogP contribution < -0.4 is 0 Å². The monoisotopic (exact) mass is 254 g/mol. The molecule has 0 radical (unpaired) electrons. The smallest absolute Gasteiger partial charge is 0.326 e. The molecule has 18 heavy (non-hydrogen) atoms. The highest BCUT2D eigenvalue weighted by atomic mass is 16.4. The summed E-state index contributed by atoms with van der Waals surface area (Å²) in [4.78, 5) is 28.1. The number of aryl methyl sites for hydroxylation is 1. The number of nitrogens with zero attached hydrogens (tertiary/aromatic N) is 3. The van der Waals surface area contributed by atoms with E-state index >= 15 is 0 Å². The van der Waals surface area contributed by atoms with Crippen molar-refractivity contribution in [3.63, 3.8) is 0 Å². The van der Waals surface area contributed by atoms with E-state index in [0.29, 0.717) is 12.2 Å². The van der Waals surface area contributed by atoms with Crippen LogP contribution in [0.4, 0.5) is 0 Å². The lowest BCUT2D eigenvalue weighted by Crippen LogP contribution is -2.41. The first-order valence-corrected chi connectivity index (χ1v) is 5.66. The number of amides is 1. The summed E-state index contributed by atoms with van der Waals surface area (Å²) in [5.74, 6) is -1.21. The Hall–Kier alpha value is -1.96.